The predicted octanol–water partition coefficient (Wildman–Crippen LogP) is 4.34. The Kier molecular flexibility index (Phi) is 8.68. The summed E-state index contributed by atoms with van der Waals surface area (Å²) in [5, 5.41) is 4.31. The Bertz CT molecular complexity index is 1680. The van der Waals surface area contributed by atoms with Gasteiger partial charge < -0.3 is 5.32 Å². The molecule has 1 aliphatic heterocycles. The number of nitrogens with one attached hydrogen (secondary N) is 1. The van der Waals surface area contributed by atoms with Crippen molar-refractivity contribution in [1.29, 1.82) is 0 Å². The van der Waals surface area contributed by atoms with Gasteiger partial charge in [0.2, 0.25) is 10.0 Å². The number of fused-ring (bicyclic) bond motifs is 1. The van der Waals surface area contributed by atoms with Gasteiger partial charge in [0.15, 0.2) is 0 Å². The van der Waals surface area contributed by atoms with Crippen LogP contribution < -0.4 is 10.9 Å². The summed E-state index contributed by atoms with van der Waals surface area (Å²) in [5.41, 5.74) is 2.54. The molecule has 0 unspecified atom stereocenters. The van der Waals surface area contributed by atoms with E-state index in [-0.39, 0.29) is 23.3 Å². The number of carbonyl (C=O) groups excluding carboxylic acids is 1. The summed E-state index contributed by atoms with van der Waals surface area (Å²) in [6.45, 7) is 5.74. The number of piperazine rings is 1. The molecule has 5 rings (SSSR count). The predicted molar refractivity (Wildman–Crippen MR) is 163 cm³/mol. The van der Waals surface area contributed by atoms with Crippen molar-refractivity contribution < 1.29 is 13.2 Å². The number of pyridine rings is 1. The average Bonchev–Trinajstić information content (AvgIpc) is 3.01. The fraction of sp³-hybridized carbons (Fsp3) is 0.312. The molecule has 2 heterocycles. The average molecular weight is 573 g/mol. The second-order valence-electron chi connectivity index (χ2n) is 10.3. The van der Waals surface area contributed by atoms with Gasteiger partial charge in [-0.2, -0.15) is 4.31 Å². The van der Waals surface area contributed by atoms with Gasteiger partial charge in [-0.25, -0.2) is 8.42 Å². The van der Waals surface area contributed by atoms with Crippen LogP contribution in [0.25, 0.3) is 16.5 Å². The van der Waals surface area contributed by atoms with Crippen LogP contribution in [0.15, 0.2) is 89.7 Å². The van der Waals surface area contributed by atoms with Crippen LogP contribution in [0.1, 0.15) is 47.9 Å². The van der Waals surface area contributed by atoms with Gasteiger partial charge in [0.25, 0.3) is 11.5 Å². The molecule has 8 nitrogen and oxygen atoms in total. The molecule has 1 aliphatic rings. The van der Waals surface area contributed by atoms with Gasteiger partial charge in [-0.15, -0.1) is 0 Å². The van der Waals surface area contributed by atoms with E-state index in [1.54, 1.807) is 17.6 Å². The number of carbonyl (C=O) groups is 1. The Hall–Kier alpha value is -3.79. The van der Waals surface area contributed by atoms with E-state index in [1.165, 1.54) is 4.31 Å². The largest absolute Gasteiger partial charge is 0.345 e. The van der Waals surface area contributed by atoms with E-state index in [0.29, 0.717) is 66.9 Å². The summed E-state index contributed by atoms with van der Waals surface area (Å²) in [6.07, 6.45) is 0.704. The third-order valence-electron chi connectivity index (χ3n) is 7.81. The van der Waals surface area contributed by atoms with Crippen LogP contribution in [0.3, 0.4) is 0 Å². The van der Waals surface area contributed by atoms with Crippen molar-refractivity contribution >= 4 is 26.7 Å². The first-order valence-electron chi connectivity index (χ1n) is 14.1. The monoisotopic (exact) mass is 572 g/mol. The van der Waals surface area contributed by atoms with Gasteiger partial charge in [-0.3, -0.25) is 19.1 Å². The molecular formula is C32H36N4O4S. The van der Waals surface area contributed by atoms with Gasteiger partial charge in [-0.05, 0) is 37.1 Å². The quantitative estimate of drug-likeness (QED) is 0.322. The Morgan fingerprint density at radius 2 is 1.41 bits per heavy atom. The SMILES string of the molecule is CC[C@H](NC(=O)c1c(CN2CCN(S(=O)(=O)CC)CC2)n(-c2ccccc2)c(=O)c2ccccc12)c1ccccc1. The minimum atomic E-state index is -3.28. The van der Waals surface area contributed by atoms with Crippen molar-refractivity contribution in [2.45, 2.75) is 32.9 Å². The highest BCUT2D eigenvalue weighted by atomic mass is 32.2. The second kappa shape index (κ2) is 12.4. The Morgan fingerprint density at radius 3 is 2.02 bits per heavy atom. The van der Waals surface area contributed by atoms with E-state index in [0.717, 1.165) is 5.56 Å². The zero-order valence-corrected chi connectivity index (χ0v) is 24.3. The number of hydrogen-bond acceptors (Lipinski definition) is 5. The van der Waals surface area contributed by atoms with E-state index in [9.17, 15) is 18.0 Å². The number of amides is 1. The highest BCUT2D eigenvalue weighted by Gasteiger charge is 2.29. The lowest BCUT2D eigenvalue weighted by Gasteiger charge is -2.34. The summed E-state index contributed by atoms with van der Waals surface area (Å²) in [5.74, 6) is -0.181. The molecule has 1 amide bonds. The molecule has 41 heavy (non-hydrogen) atoms. The van der Waals surface area contributed by atoms with Crippen molar-refractivity contribution in [3.63, 3.8) is 0 Å². The minimum Gasteiger partial charge on any atom is -0.345 e. The number of aromatic nitrogens is 1. The molecule has 4 aromatic rings. The maximum absolute atomic E-state index is 14.2. The number of nitrogens with zero attached hydrogens (tertiary/aromatic N) is 3. The van der Waals surface area contributed by atoms with Crippen LogP contribution in [-0.2, 0) is 16.6 Å². The van der Waals surface area contributed by atoms with E-state index >= 15 is 0 Å². The minimum absolute atomic E-state index is 0.0650. The number of rotatable bonds is 9. The van der Waals surface area contributed by atoms with Crippen LogP contribution in [0.2, 0.25) is 0 Å². The van der Waals surface area contributed by atoms with Crippen LogP contribution >= 0.6 is 0 Å². The first kappa shape index (κ1) is 28.7. The topological polar surface area (TPSA) is 91.7 Å². The van der Waals surface area contributed by atoms with Gasteiger partial charge >= 0.3 is 0 Å². The molecule has 1 fully saturated rings. The highest BCUT2D eigenvalue weighted by Crippen LogP contribution is 2.26. The second-order valence-corrected chi connectivity index (χ2v) is 12.5. The van der Waals surface area contributed by atoms with E-state index in [4.69, 9.17) is 0 Å². The van der Waals surface area contributed by atoms with Gasteiger partial charge in [-0.1, -0.05) is 73.7 Å². The molecule has 1 saturated heterocycles. The van der Waals surface area contributed by atoms with E-state index in [2.05, 4.69) is 10.2 Å². The van der Waals surface area contributed by atoms with Crippen LogP contribution in [0.4, 0.5) is 0 Å². The zero-order valence-electron chi connectivity index (χ0n) is 23.5. The molecule has 0 radical (unpaired) electrons. The number of hydrogen-bond donors (Lipinski definition) is 1. The Labute approximate surface area is 241 Å². The summed E-state index contributed by atoms with van der Waals surface area (Å²) < 4.78 is 28.1. The summed E-state index contributed by atoms with van der Waals surface area (Å²) in [4.78, 5) is 30.4. The molecule has 0 bridgehead atoms. The highest BCUT2D eigenvalue weighted by molar-refractivity contribution is 7.89. The maximum Gasteiger partial charge on any atom is 0.263 e. The molecular weight excluding hydrogens is 536 g/mol. The molecule has 214 valence electrons. The van der Waals surface area contributed by atoms with Gasteiger partial charge in [0, 0.05) is 49.2 Å². The lowest BCUT2D eigenvalue weighted by atomic mass is 9.99. The summed E-state index contributed by atoms with van der Waals surface area (Å²) in [6, 6.07) is 26.3. The van der Waals surface area contributed by atoms with E-state index in [1.807, 2.05) is 85.8 Å². The van der Waals surface area contributed by atoms with Crippen molar-refractivity contribution in [2.75, 3.05) is 31.9 Å². The lowest BCUT2D eigenvalue weighted by molar-refractivity contribution is 0.0933. The maximum atomic E-state index is 14.2. The molecule has 0 saturated carbocycles. The van der Waals surface area contributed by atoms with Crippen LogP contribution in [0.5, 0.6) is 0 Å². The fourth-order valence-electron chi connectivity index (χ4n) is 5.55. The molecule has 1 atom stereocenters. The normalized spacial score (nSPS) is 15.6. The fourth-order valence-corrected chi connectivity index (χ4v) is 6.63. The first-order chi connectivity index (χ1) is 19.8. The van der Waals surface area contributed by atoms with Crippen LogP contribution in [-0.4, -0.2) is 60.0 Å². The molecule has 3 aromatic carbocycles. The molecule has 0 spiro atoms. The molecule has 1 N–H and O–H groups in total. The van der Waals surface area contributed by atoms with Crippen molar-refractivity contribution in [1.82, 2.24) is 19.1 Å². The first-order valence-corrected chi connectivity index (χ1v) is 15.7. The lowest BCUT2D eigenvalue weighted by Crippen LogP contribution is -2.49. The van der Waals surface area contributed by atoms with E-state index < -0.39 is 10.0 Å². The van der Waals surface area contributed by atoms with Gasteiger partial charge in [0.1, 0.15) is 0 Å². The standard InChI is InChI=1S/C32H36N4O4S/c1-3-28(24-13-7-5-8-14-24)33-31(37)30-26-17-11-12-18-27(26)32(38)36(25-15-9-6-10-16-25)29(30)23-34-19-21-35(22-20-34)41(39,40)4-2/h5-18,28H,3-4,19-23H2,1-2H3,(H,33,37)/t28-/m0/s1. The van der Waals surface area contributed by atoms with Crippen molar-refractivity contribution in [3.8, 4) is 5.69 Å². The zero-order chi connectivity index (χ0) is 29.0. The smallest absolute Gasteiger partial charge is 0.263 e. The van der Waals surface area contributed by atoms with Crippen molar-refractivity contribution in [3.05, 3.63) is 112 Å². The van der Waals surface area contributed by atoms with Crippen molar-refractivity contribution in [2.24, 2.45) is 0 Å². The van der Waals surface area contributed by atoms with Crippen LogP contribution in [0, 0.1) is 0 Å². The number of benzene rings is 3. The Balaban J connectivity index is 1.63. The molecule has 0 aliphatic carbocycles. The van der Waals surface area contributed by atoms with Gasteiger partial charge in [0.05, 0.1) is 23.1 Å². The number of sulfonamides is 1. The number of para-hydroxylation sites is 1. The summed E-state index contributed by atoms with van der Waals surface area (Å²) in [7, 11) is -3.28. The summed E-state index contributed by atoms with van der Waals surface area (Å²) >= 11 is 0. The molecule has 9 heteroatoms. The Morgan fingerprint density at radius 1 is 0.829 bits per heavy atom. The third kappa shape index (κ3) is 5.98. The molecule has 1 aromatic heterocycles. The third-order valence-corrected chi connectivity index (χ3v) is 9.69.